The van der Waals surface area contributed by atoms with Gasteiger partial charge in [-0.25, -0.2) is 18.9 Å². The van der Waals surface area contributed by atoms with Gasteiger partial charge in [0.2, 0.25) is 0 Å². The van der Waals surface area contributed by atoms with E-state index < -0.39 is 12.4 Å². The molecule has 13 heteroatoms. The number of amidine groups is 1. The molecular weight excluding hydrogens is 584 g/mol. The van der Waals surface area contributed by atoms with Crippen LogP contribution in [0.5, 0.6) is 5.75 Å². The Balaban J connectivity index is 1.21. The van der Waals surface area contributed by atoms with Crippen LogP contribution in [0.2, 0.25) is 0 Å². The highest BCUT2D eigenvalue weighted by atomic mass is 32.2. The fourth-order valence-corrected chi connectivity index (χ4v) is 5.45. The number of aromatic nitrogens is 3. The molecule has 1 fully saturated rings. The quantitative estimate of drug-likeness (QED) is 0.221. The van der Waals surface area contributed by atoms with Gasteiger partial charge in [0.1, 0.15) is 17.9 Å². The highest BCUT2D eigenvalue weighted by Crippen LogP contribution is 2.33. The fourth-order valence-electron chi connectivity index (χ4n) is 4.51. The second-order valence-electron chi connectivity index (χ2n) is 10.0. The lowest BCUT2D eigenvalue weighted by Gasteiger charge is -2.32. The number of ether oxygens (including phenoxy) is 1. The van der Waals surface area contributed by atoms with Gasteiger partial charge in [0, 0.05) is 30.1 Å². The van der Waals surface area contributed by atoms with E-state index in [4.69, 9.17) is 0 Å². The zero-order chi connectivity index (χ0) is 30.6. The van der Waals surface area contributed by atoms with Crippen LogP contribution in [0.3, 0.4) is 0 Å². The molecule has 0 saturated carbocycles. The molecule has 224 valence electrons. The highest BCUT2D eigenvalue weighted by Gasteiger charge is 2.31. The maximum absolute atomic E-state index is 13.9. The summed E-state index contributed by atoms with van der Waals surface area (Å²) in [5.41, 5.74) is 3.80. The fraction of sp³-hybridized carbons (Fsp3) is 0.267. The molecular formula is C30H28F4N6O2S. The van der Waals surface area contributed by atoms with Crippen molar-refractivity contribution in [3.63, 3.8) is 0 Å². The third kappa shape index (κ3) is 7.72. The first-order valence-corrected chi connectivity index (χ1v) is 14.5. The molecule has 1 saturated heterocycles. The first kappa shape index (κ1) is 30.1. The van der Waals surface area contributed by atoms with Crippen molar-refractivity contribution in [2.45, 2.75) is 39.1 Å². The van der Waals surface area contributed by atoms with Crippen LogP contribution >= 0.6 is 11.8 Å². The number of anilines is 1. The standard InChI is InChI=1S/C30H28F4N6O2S/c1-19(2)25-16-22(31)8-13-26(25)39-14-3-15-43-29(39)37-28(41)35-17-20-4-6-21(7-5-20)27-36-18-40(38-27)23-9-11-24(12-10-23)42-30(32,33)34/h4-13,16,18-19H,3,14-15,17H2,1-2H3,(H,35,41). The van der Waals surface area contributed by atoms with E-state index in [1.165, 1.54) is 59.2 Å². The van der Waals surface area contributed by atoms with Gasteiger partial charge in [-0.3, -0.25) is 0 Å². The maximum atomic E-state index is 13.9. The third-order valence-corrected chi connectivity index (χ3v) is 7.63. The van der Waals surface area contributed by atoms with Gasteiger partial charge in [-0.1, -0.05) is 49.9 Å². The average Bonchev–Trinajstić information content (AvgIpc) is 3.47. The molecule has 0 radical (unpaired) electrons. The molecule has 43 heavy (non-hydrogen) atoms. The number of thioether (sulfide) groups is 1. The Morgan fingerprint density at radius 1 is 1.09 bits per heavy atom. The molecule has 0 aliphatic carbocycles. The van der Waals surface area contributed by atoms with E-state index in [-0.39, 0.29) is 24.0 Å². The first-order valence-electron chi connectivity index (χ1n) is 13.5. The molecule has 1 aliphatic rings. The summed E-state index contributed by atoms with van der Waals surface area (Å²) < 4.78 is 56.5. The minimum absolute atomic E-state index is 0.105. The number of rotatable bonds is 7. The Kier molecular flexibility index (Phi) is 9.00. The predicted molar refractivity (Wildman–Crippen MR) is 158 cm³/mol. The lowest BCUT2D eigenvalue weighted by Crippen LogP contribution is -2.36. The van der Waals surface area contributed by atoms with Crippen molar-refractivity contribution in [2.24, 2.45) is 4.99 Å². The molecule has 0 bridgehead atoms. The van der Waals surface area contributed by atoms with E-state index in [1.807, 2.05) is 43.0 Å². The number of hydrogen-bond acceptors (Lipinski definition) is 5. The molecule has 8 nitrogen and oxygen atoms in total. The van der Waals surface area contributed by atoms with Crippen molar-refractivity contribution >= 4 is 28.6 Å². The summed E-state index contributed by atoms with van der Waals surface area (Å²) in [6.07, 6.45) is -2.38. The Bertz CT molecular complexity index is 1600. The first-order chi connectivity index (χ1) is 20.6. The number of alkyl halides is 3. The summed E-state index contributed by atoms with van der Waals surface area (Å²) in [5.74, 6) is 0.746. The smallest absolute Gasteiger partial charge is 0.406 e. The molecule has 0 atom stereocenters. The summed E-state index contributed by atoms with van der Waals surface area (Å²) >= 11 is 1.50. The van der Waals surface area contributed by atoms with Gasteiger partial charge < -0.3 is 15.0 Å². The number of nitrogens with one attached hydrogen (secondary N) is 1. The van der Waals surface area contributed by atoms with Crippen molar-refractivity contribution in [3.05, 3.63) is 90.0 Å². The molecule has 5 rings (SSSR count). The van der Waals surface area contributed by atoms with Gasteiger partial charge >= 0.3 is 12.4 Å². The zero-order valence-corrected chi connectivity index (χ0v) is 24.1. The van der Waals surface area contributed by atoms with E-state index in [0.29, 0.717) is 23.2 Å². The predicted octanol–water partition coefficient (Wildman–Crippen LogP) is 7.30. The number of halogens is 4. The largest absolute Gasteiger partial charge is 0.573 e. The topological polar surface area (TPSA) is 84.6 Å². The minimum Gasteiger partial charge on any atom is -0.406 e. The minimum atomic E-state index is -4.76. The van der Waals surface area contributed by atoms with Crippen LogP contribution in [0.4, 0.5) is 28.0 Å². The second-order valence-corrected chi connectivity index (χ2v) is 11.1. The van der Waals surface area contributed by atoms with Gasteiger partial charge in [0.05, 0.1) is 5.69 Å². The van der Waals surface area contributed by atoms with Gasteiger partial charge in [-0.2, -0.15) is 4.99 Å². The maximum Gasteiger partial charge on any atom is 0.573 e. The summed E-state index contributed by atoms with van der Waals surface area (Å²) in [5, 5.41) is 7.81. The zero-order valence-electron chi connectivity index (χ0n) is 23.3. The number of carbonyl (C=O) groups excluding carboxylic acids is 1. The van der Waals surface area contributed by atoms with Crippen LogP contribution in [0.25, 0.3) is 17.1 Å². The Hall–Kier alpha value is -4.39. The molecule has 3 aromatic carbocycles. The normalized spacial score (nSPS) is 14.8. The van der Waals surface area contributed by atoms with Crippen LogP contribution < -0.4 is 15.0 Å². The lowest BCUT2D eigenvalue weighted by atomic mass is 10.00. The molecule has 1 N–H and O–H groups in total. The number of benzene rings is 3. The van der Waals surface area contributed by atoms with Crippen molar-refractivity contribution in [3.8, 4) is 22.8 Å². The van der Waals surface area contributed by atoms with E-state index in [0.717, 1.165) is 34.6 Å². The van der Waals surface area contributed by atoms with E-state index in [9.17, 15) is 22.4 Å². The molecule has 1 aliphatic heterocycles. The van der Waals surface area contributed by atoms with Crippen LogP contribution in [-0.4, -0.2) is 44.6 Å². The van der Waals surface area contributed by atoms with Crippen molar-refractivity contribution in [1.29, 1.82) is 0 Å². The number of hydrogen-bond donors (Lipinski definition) is 1. The Labute approximate surface area is 249 Å². The van der Waals surface area contributed by atoms with Crippen molar-refractivity contribution < 1.29 is 27.1 Å². The molecule has 0 spiro atoms. The lowest BCUT2D eigenvalue weighted by molar-refractivity contribution is -0.274. The van der Waals surface area contributed by atoms with Gasteiger partial charge in [-0.15, -0.1) is 18.3 Å². The van der Waals surface area contributed by atoms with E-state index >= 15 is 0 Å². The molecule has 0 unspecified atom stereocenters. The summed E-state index contributed by atoms with van der Waals surface area (Å²) in [7, 11) is 0. The average molecular weight is 613 g/mol. The second kappa shape index (κ2) is 12.9. The van der Waals surface area contributed by atoms with Crippen LogP contribution in [-0.2, 0) is 6.54 Å². The monoisotopic (exact) mass is 612 g/mol. The number of nitrogens with zero attached hydrogens (tertiary/aromatic N) is 5. The van der Waals surface area contributed by atoms with Gasteiger partial charge in [-0.05, 0) is 65.9 Å². The SMILES string of the molecule is CC(C)c1cc(F)ccc1N1CCCSC1=NC(=O)NCc1ccc(-c2ncn(-c3ccc(OC(F)(F)F)cc3)n2)cc1. The number of amides is 2. The summed E-state index contributed by atoms with van der Waals surface area (Å²) in [6.45, 7) is 4.95. The van der Waals surface area contributed by atoms with Crippen LogP contribution in [0.1, 0.15) is 37.3 Å². The van der Waals surface area contributed by atoms with Crippen molar-refractivity contribution in [1.82, 2.24) is 20.1 Å². The molecule has 1 aromatic heterocycles. The van der Waals surface area contributed by atoms with Crippen LogP contribution in [0, 0.1) is 5.82 Å². The van der Waals surface area contributed by atoms with Crippen molar-refractivity contribution in [2.75, 3.05) is 17.2 Å². The molecule has 4 aromatic rings. The van der Waals surface area contributed by atoms with E-state index in [2.05, 4.69) is 25.1 Å². The van der Waals surface area contributed by atoms with Gasteiger partial charge in [0.25, 0.3) is 0 Å². The molecule has 2 amide bonds. The van der Waals surface area contributed by atoms with E-state index in [1.54, 1.807) is 6.07 Å². The number of carbonyl (C=O) groups is 1. The summed E-state index contributed by atoms with van der Waals surface area (Å²) in [4.78, 5) is 23.4. The Morgan fingerprint density at radius 2 is 1.84 bits per heavy atom. The number of aliphatic imine (C=N–C) groups is 1. The summed E-state index contributed by atoms with van der Waals surface area (Å²) in [6, 6.07) is 16.8. The van der Waals surface area contributed by atoms with Crippen LogP contribution in [0.15, 0.2) is 78.0 Å². The third-order valence-electron chi connectivity index (χ3n) is 6.57. The number of urea groups is 1. The molecule has 2 heterocycles. The highest BCUT2D eigenvalue weighted by molar-refractivity contribution is 8.14. The Morgan fingerprint density at radius 3 is 2.53 bits per heavy atom. The van der Waals surface area contributed by atoms with Gasteiger partial charge in [0.15, 0.2) is 11.0 Å².